The smallest absolute Gasteiger partial charge is 1.00 e. The number of rotatable bonds is 4. The van der Waals surface area contributed by atoms with Crippen LogP contribution in [0.2, 0.25) is 0 Å². The van der Waals surface area contributed by atoms with Crippen LogP contribution in [0.25, 0.3) is 11.1 Å². The molecule has 0 radical (unpaired) electrons. The Balaban J connectivity index is 0.00000250. The van der Waals surface area contributed by atoms with Crippen molar-refractivity contribution < 1.29 is 46.1 Å². The van der Waals surface area contributed by atoms with Gasteiger partial charge in [0.05, 0.1) is 0 Å². The van der Waals surface area contributed by atoms with Crippen molar-refractivity contribution in [2.45, 2.75) is 83.7 Å². The molecule has 0 fully saturated rings. The summed E-state index contributed by atoms with van der Waals surface area (Å²) in [6, 6.07) is 37.6. The first kappa shape index (κ1) is 37.5. The summed E-state index contributed by atoms with van der Waals surface area (Å²) in [7, 11) is 0. The van der Waals surface area contributed by atoms with E-state index < -0.39 is 21.3 Å². The van der Waals surface area contributed by atoms with Crippen molar-refractivity contribution in [2.75, 3.05) is 0 Å². The normalized spacial score (nSPS) is 15.7. The fraction of sp³-hybridized carbons (Fsp3) is 0.341. The van der Waals surface area contributed by atoms with Crippen molar-refractivity contribution in [3.8, 4) is 11.1 Å². The molecule has 0 spiro atoms. The fourth-order valence-electron chi connectivity index (χ4n) is 7.14. The maximum absolute atomic E-state index is 2.86. The van der Waals surface area contributed by atoms with Crippen molar-refractivity contribution >= 4 is 3.21 Å². The largest absolute Gasteiger partial charge is 1.00 e. The summed E-state index contributed by atoms with van der Waals surface area (Å²) in [6.07, 6.45) is 5.24. The van der Waals surface area contributed by atoms with Crippen LogP contribution in [0.1, 0.15) is 106 Å². The average molecular weight is 741 g/mol. The zero-order valence-corrected chi connectivity index (χ0v) is 33.8. The Bertz CT molecular complexity index is 1730. The van der Waals surface area contributed by atoms with E-state index >= 15 is 0 Å². The molecule has 0 heterocycles. The van der Waals surface area contributed by atoms with Crippen molar-refractivity contribution in [1.82, 2.24) is 0 Å². The molecule has 0 N–H and O–H groups in total. The Kier molecular flexibility index (Phi) is 11.1. The molecule has 0 saturated heterocycles. The molecule has 1 atom stereocenters. The molecule has 244 valence electrons. The van der Waals surface area contributed by atoms with Crippen LogP contribution >= 0.6 is 0 Å². The van der Waals surface area contributed by atoms with E-state index in [0.717, 1.165) is 0 Å². The first-order chi connectivity index (χ1) is 21.1. The van der Waals surface area contributed by atoms with Gasteiger partial charge in [-0.2, -0.15) is 0 Å². The molecule has 0 aromatic heterocycles. The summed E-state index contributed by atoms with van der Waals surface area (Å²) in [5.74, 6) is 0.431. The third kappa shape index (κ3) is 7.34. The van der Waals surface area contributed by atoms with Crippen molar-refractivity contribution in [1.29, 1.82) is 0 Å². The molecule has 4 aromatic rings. The molecule has 2 aliphatic carbocycles. The topological polar surface area (TPSA) is 0 Å². The maximum Gasteiger partial charge on any atom is -1.00 e. The fourth-order valence-corrected chi connectivity index (χ4v) is 16.6. The monoisotopic (exact) mass is 738 g/mol. The predicted octanol–water partition coefficient (Wildman–Crippen LogP) is 5.75. The summed E-state index contributed by atoms with van der Waals surface area (Å²) < 4.78 is 3.72. The number of hydrogen-bond donors (Lipinski definition) is 0. The molecule has 0 amide bonds. The van der Waals surface area contributed by atoms with Gasteiger partial charge < -0.3 is 24.8 Å². The molecule has 2 aliphatic rings. The first-order valence-electron chi connectivity index (χ1n) is 16.7. The van der Waals surface area contributed by atoms with Gasteiger partial charge in [0.2, 0.25) is 0 Å². The number of halogens is 2. The molecule has 47 heavy (non-hydrogen) atoms. The van der Waals surface area contributed by atoms with Gasteiger partial charge in [-0.15, -0.1) is 0 Å². The van der Waals surface area contributed by atoms with E-state index in [-0.39, 0.29) is 41.1 Å². The maximum atomic E-state index is 2.66. The van der Waals surface area contributed by atoms with Gasteiger partial charge in [-0.05, 0) is 0 Å². The van der Waals surface area contributed by atoms with Crippen LogP contribution < -0.4 is 24.8 Å². The first-order valence-corrected chi connectivity index (χ1v) is 20.6. The van der Waals surface area contributed by atoms with E-state index in [9.17, 15) is 0 Å². The van der Waals surface area contributed by atoms with Crippen LogP contribution in [0.15, 0.2) is 118 Å². The summed E-state index contributed by atoms with van der Waals surface area (Å²) in [5.41, 5.74) is 13.4. The van der Waals surface area contributed by atoms with E-state index in [2.05, 4.69) is 178 Å². The number of fused-ring (bicyclic) bond motifs is 3. The summed E-state index contributed by atoms with van der Waals surface area (Å²) in [4.78, 5) is 0. The van der Waals surface area contributed by atoms with Gasteiger partial charge in [-0.1, -0.05) is 0 Å². The van der Waals surface area contributed by atoms with E-state index in [4.69, 9.17) is 0 Å². The van der Waals surface area contributed by atoms with Gasteiger partial charge in [0, 0.05) is 0 Å². The van der Waals surface area contributed by atoms with E-state index in [1.807, 2.05) is 0 Å². The number of benzene rings is 4. The third-order valence-electron chi connectivity index (χ3n) is 9.84. The zero-order chi connectivity index (χ0) is 32.3. The minimum atomic E-state index is -2.86. The molecular formula is C44H50Cl2Zr. The van der Waals surface area contributed by atoms with Crippen molar-refractivity contribution in [3.05, 3.63) is 151 Å². The molecular weight excluding hydrogens is 691 g/mol. The Morgan fingerprint density at radius 1 is 0.553 bits per heavy atom. The second-order valence-electron chi connectivity index (χ2n) is 16.3. The van der Waals surface area contributed by atoms with E-state index in [0.29, 0.717) is 9.54 Å². The Morgan fingerprint density at radius 2 is 0.979 bits per heavy atom. The molecule has 1 unspecified atom stereocenters. The van der Waals surface area contributed by atoms with Crippen molar-refractivity contribution in [2.24, 2.45) is 11.3 Å². The number of hydrogen-bond acceptors (Lipinski definition) is 0. The SMILES string of the molecule is CC1C=C(C(C)(C)C)C=[C]1[Zr+2](=[C](c1ccccc1)c1ccccc1)[CH]1c2cc(C(C)(C)C)ccc2-c2ccc(C(C)(C)C)cc21.[Cl-].[Cl-]. The van der Waals surface area contributed by atoms with Crippen molar-refractivity contribution in [3.63, 3.8) is 0 Å². The van der Waals surface area contributed by atoms with Crippen LogP contribution in [0.3, 0.4) is 0 Å². The van der Waals surface area contributed by atoms with Gasteiger partial charge in [0.15, 0.2) is 0 Å². The Labute approximate surface area is 304 Å². The molecule has 0 saturated carbocycles. The Morgan fingerprint density at radius 3 is 1.34 bits per heavy atom. The number of allylic oxidation sites excluding steroid dienone is 4. The van der Waals surface area contributed by atoms with Gasteiger partial charge in [-0.25, -0.2) is 0 Å². The standard InChI is InChI=1S/C21H25.C13H10.C10H15.2ClH.Zr/c1-20(2,3)16-7-9-18-14(12-16)11-15-13-17(21(4,5)6)8-10-19(15)18;1-3-7-12(8-4-1)11-13-9-5-2-6-10-13;1-8-5-6-9(7-8)10(2,3)4;;;/h7-13H,1-6H3;1-10H;6-8H,1-4H3;2*1H;/q;;;;;+2/p-2. The van der Waals surface area contributed by atoms with Crippen LogP contribution in [0.5, 0.6) is 0 Å². The van der Waals surface area contributed by atoms with Crippen LogP contribution in [0, 0.1) is 11.3 Å². The summed E-state index contributed by atoms with van der Waals surface area (Å²) in [5, 5.41) is 0. The summed E-state index contributed by atoms with van der Waals surface area (Å²) >= 11 is -2.86. The minimum absolute atomic E-state index is 0. The zero-order valence-electron chi connectivity index (χ0n) is 29.8. The van der Waals surface area contributed by atoms with Gasteiger partial charge in [-0.3, -0.25) is 0 Å². The second-order valence-corrected chi connectivity index (χ2v) is 22.4. The average Bonchev–Trinajstić information content (AvgIpc) is 3.53. The third-order valence-corrected chi connectivity index (χ3v) is 18.5. The molecule has 4 aromatic carbocycles. The van der Waals surface area contributed by atoms with Gasteiger partial charge in [0.25, 0.3) is 0 Å². The van der Waals surface area contributed by atoms with Crippen LogP contribution in [-0.4, -0.2) is 3.21 Å². The molecule has 0 aliphatic heterocycles. The molecule has 0 nitrogen and oxygen atoms in total. The molecule has 3 heteroatoms. The van der Waals surface area contributed by atoms with E-state index in [1.54, 1.807) is 17.6 Å². The van der Waals surface area contributed by atoms with Gasteiger partial charge in [0.1, 0.15) is 0 Å². The van der Waals surface area contributed by atoms with Crippen LogP contribution in [0.4, 0.5) is 0 Å². The quantitative estimate of drug-likeness (QED) is 0.250. The summed E-state index contributed by atoms with van der Waals surface area (Å²) in [6.45, 7) is 23.7. The van der Waals surface area contributed by atoms with E-state index in [1.165, 1.54) is 39.0 Å². The minimum Gasteiger partial charge on any atom is -1.00 e. The second kappa shape index (κ2) is 13.9. The predicted molar refractivity (Wildman–Crippen MR) is 192 cm³/mol. The van der Waals surface area contributed by atoms with Gasteiger partial charge >= 0.3 is 282 Å². The molecule has 6 rings (SSSR count). The Hall–Kier alpha value is -2.31. The molecule has 0 bridgehead atoms. The van der Waals surface area contributed by atoms with Crippen LogP contribution in [-0.2, 0) is 32.1 Å².